The third kappa shape index (κ3) is 6.64. The molecule has 0 bridgehead atoms. The number of nitrogens with zero attached hydrogens (tertiary/aromatic N) is 2. The van der Waals surface area contributed by atoms with Gasteiger partial charge in [0.1, 0.15) is 12.4 Å². The van der Waals surface area contributed by atoms with E-state index in [9.17, 15) is 30.8 Å². The molecule has 7 nitrogen and oxygen atoms in total. The summed E-state index contributed by atoms with van der Waals surface area (Å²) >= 11 is 0. The number of aryl methyl sites for hydroxylation is 1. The van der Waals surface area contributed by atoms with Crippen LogP contribution in [-0.4, -0.2) is 55.1 Å². The maximum Gasteiger partial charge on any atom is 0.405 e. The molecule has 3 aromatic rings. The Morgan fingerprint density at radius 2 is 1.82 bits per heavy atom. The molecule has 182 valence electrons. The number of carbonyl (C=O) groups is 1. The number of aromatic nitrogens is 2. The fourth-order valence-corrected chi connectivity index (χ4v) is 4.35. The lowest BCUT2D eigenvalue weighted by Crippen LogP contribution is -2.33. The van der Waals surface area contributed by atoms with Crippen LogP contribution in [0.5, 0.6) is 0 Å². The number of alkyl halides is 3. The predicted octanol–water partition coefficient (Wildman–Crippen LogP) is 3.76. The number of nitrogens with one attached hydrogen (secondary N) is 2. The minimum atomic E-state index is -4.54. The van der Waals surface area contributed by atoms with E-state index in [1.54, 1.807) is 23.5 Å². The number of hydrogen-bond donors (Lipinski definition) is 2. The van der Waals surface area contributed by atoms with Crippen molar-refractivity contribution in [1.82, 2.24) is 19.8 Å². The van der Waals surface area contributed by atoms with Crippen molar-refractivity contribution in [3.8, 4) is 11.3 Å². The zero-order valence-corrected chi connectivity index (χ0v) is 18.9. The highest BCUT2D eigenvalue weighted by molar-refractivity contribution is 7.89. The van der Waals surface area contributed by atoms with Gasteiger partial charge >= 0.3 is 6.18 Å². The molecule has 0 fully saturated rings. The van der Waals surface area contributed by atoms with E-state index in [2.05, 4.69) is 10.2 Å². The summed E-state index contributed by atoms with van der Waals surface area (Å²) in [4.78, 5) is 11.7. The van der Waals surface area contributed by atoms with Crippen LogP contribution < -0.4 is 5.32 Å². The summed E-state index contributed by atoms with van der Waals surface area (Å²) in [6.07, 6.45) is -3.57. The van der Waals surface area contributed by atoms with Gasteiger partial charge in [0.25, 0.3) is 5.91 Å². The van der Waals surface area contributed by atoms with Gasteiger partial charge in [0.05, 0.1) is 10.6 Å². The zero-order chi connectivity index (χ0) is 24.9. The highest BCUT2D eigenvalue weighted by atomic mass is 32.2. The lowest BCUT2D eigenvalue weighted by Gasteiger charge is -2.17. The lowest BCUT2D eigenvalue weighted by atomic mass is 10.1. The Kier molecular flexibility index (Phi) is 7.72. The SMILES string of the molecule is CN(CCCc1cc(-c2cccc(F)c2)n[nH]1)S(=O)(=O)c1ccc(C(=O)NCC(F)(F)F)cc1. The monoisotopic (exact) mass is 498 g/mol. The van der Waals surface area contributed by atoms with Crippen LogP contribution in [0.3, 0.4) is 0 Å². The van der Waals surface area contributed by atoms with Crippen LogP contribution in [0.25, 0.3) is 11.3 Å². The molecular weight excluding hydrogens is 476 g/mol. The first-order chi connectivity index (χ1) is 16.0. The smallest absolute Gasteiger partial charge is 0.343 e. The Morgan fingerprint density at radius 1 is 1.12 bits per heavy atom. The molecule has 0 saturated carbocycles. The first-order valence-corrected chi connectivity index (χ1v) is 11.6. The van der Waals surface area contributed by atoms with E-state index < -0.39 is 28.7 Å². The quantitative estimate of drug-likeness (QED) is 0.439. The van der Waals surface area contributed by atoms with Gasteiger partial charge in [0.15, 0.2) is 0 Å². The molecule has 2 aromatic carbocycles. The molecule has 0 aliphatic heterocycles. The van der Waals surface area contributed by atoms with Crippen LogP contribution >= 0.6 is 0 Å². The summed E-state index contributed by atoms with van der Waals surface area (Å²) in [5, 5.41) is 8.74. The van der Waals surface area contributed by atoms with E-state index in [4.69, 9.17) is 0 Å². The van der Waals surface area contributed by atoms with Crippen LogP contribution in [0.4, 0.5) is 17.6 Å². The van der Waals surface area contributed by atoms with Crippen LogP contribution in [0.1, 0.15) is 22.5 Å². The molecule has 0 spiro atoms. The summed E-state index contributed by atoms with van der Waals surface area (Å²) in [5.41, 5.74) is 1.88. The van der Waals surface area contributed by atoms with Crippen molar-refractivity contribution in [3.05, 3.63) is 71.7 Å². The maximum atomic E-state index is 13.4. The van der Waals surface area contributed by atoms with Crippen molar-refractivity contribution >= 4 is 15.9 Å². The molecule has 12 heteroatoms. The van der Waals surface area contributed by atoms with Gasteiger partial charge in [-0.15, -0.1) is 0 Å². The molecule has 1 amide bonds. The number of amides is 1. The number of benzene rings is 2. The van der Waals surface area contributed by atoms with Crippen LogP contribution in [0.15, 0.2) is 59.5 Å². The molecule has 1 heterocycles. The van der Waals surface area contributed by atoms with Gasteiger partial charge in [-0.1, -0.05) is 12.1 Å². The third-order valence-electron chi connectivity index (χ3n) is 4.94. The fourth-order valence-electron chi connectivity index (χ4n) is 3.14. The predicted molar refractivity (Wildman–Crippen MR) is 117 cm³/mol. The summed E-state index contributed by atoms with van der Waals surface area (Å²) < 4.78 is 76.7. The molecule has 3 rings (SSSR count). The number of H-pyrrole nitrogens is 1. The van der Waals surface area contributed by atoms with E-state index in [1.807, 2.05) is 0 Å². The van der Waals surface area contributed by atoms with E-state index in [0.717, 1.165) is 22.1 Å². The van der Waals surface area contributed by atoms with Crippen LogP contribution in [-0.2, 0) is 16.4 Å². The zero-order valence-electron chi connectivity index (χ0n) is 18.1. The van der Waals surface area contributed by atoms with Crippen molar-refractivity contribution < 1.29 is 30.8 Å². The highest BCUT2D eigenvalue weighted by Gasteiger charge is 2.28. The second kappa shape index (κ2) is 10.3. The van der Waals surface area contributed by atoms with Gasteiger partial charge < -0.3 is 5.32 Å². The topological polar surface area (TPSA) is 95.2 Å². The molecule has 0 unspecified atom stereocenters. The van der Waals surface area contributed by atoms with Crippen LogP contribution in [0, 0.1) is 5.82 Å². The second-order valence-electron chi connectivity index (χ2n) is 7.54. The summed E-state index contributed by atoms with van der Waals surface area (Å²) in [5.74, 6) is -1.32. The average Bonchev–Trinajstić information content (AvgIpc) is 3.26. The molecule has 0 atom stereocenters. The molecule has 0 radical (unpaired) electrons. The molecule has 0 saturated heterocycles. The third-order valence-corrected chi connectivity index (χ3v) is 6.82. The van der Waals surface area contributed by atoms with Crippen molar-refractivity contribution in [2.45, 2.75) is 23.9 Å². The standard InChI is InChI=1S/C22H22F4N4O3S/c1-30(11-3-6-18-13-20(29-28-18)16-4-2-5-17(23)12-16)34(32,33)19-9-7-15(8-10-19)21(31)27-14-22(24,25)26/h2,4-5,7-10,12-13H,3,6,11,14H2,1H3,(H,27,31)(H,28,29). The van der Waals surface area contributed by atoms with E-state index >= 15 is 0 Å². The second-order valence-corrected chi connectivity index (χ2v) is 9.59. The van der Waals surface area contributed by atoms with Crippen molar-refractivity contribution in [2.24, 2.45) is 0 Å². The summed E-state index contributed by atoms with van der Waals surface area (Å²) in [6.45, 7) is -1.29. The van der Waals surface area contributed by atoms with Crippen molar-refractivity contribution in [1.29, 1.82) is 0 Å². The van der Waals surface area contributed by atoms with Crippen LogP contribution in [0.2, 0.25) is 0 Å². The minimum Gasteiger partial charge on any atom is -0.343 e. The molecule has 0 aliphatic carbocycles. The van der Waals surface area contributed by atoms with Gasteiger partial charge in [-0.05, 0) is 55.3 Å². The average molecular weight is 499 g/mol. The number of carbonyl (C=O) groups excluding carboxylic acids is 1. The van der Waals surface area contributed by atoms with Gasteiger partial charge in [0.2, 0.25) is 10.0 Å². The summed E-state index contributed by atoms with van der Waals surface area (Å²) in [6, 6.07) is 12.5. The largest absolute Gasteiger partial charge is 0.405 e. The Labute approximate surface area is 193 Å². The normalized spacial score (nSPS) is 12.2. The van der Waals surface area contributed by atoms with E-state index in [1.165, 1.54) is 31.3 Å². The van der Waals surface area contributed by atoms with Crippen molar-refractivity contribution in [3.63, 3.8) is 0 Å². The van der Waals surface area contributed by atoms with E-state index in [0.29, 0.717) is 24.1 Å². The first-order valence-electron chi connectivity index (χ1n) is 10.2. The Morgan fingerprint density at radius 3 is 2.47 bits per heavy atom. The molecule has 34 heavy (non-hydrogen) atoms. The number of rotatable bonds is 9. The number of halogens is 4. The number of aromatic amines is 1. The maximum absolute atomic E-state index is 13.4. The Hall–Kier alpha value is -3.25. The molecule has 1 aromatic heterocycles. The Balaban J connectivity index is 1.55. The van der Waals surface area contributed by atoms with Gasteiger partial charge in [0, 0.05) is 30.4 Å². The minimum absolute atomic E-state index is 0.0841. The fraction of sp³-hybridized carbons (Fsp3) is 0.273. The molecule has 0 aliphatic rings. The van der Waals surface area contributed by atoms with Gasteiger partial charge in [-0.25, -0.2) is 17.1 Å². The van der Waals surface area contributed by atoms with E-state index in [-0.39, 0.29) is 22.8 Å². The summed E-state index contributed by atoms with van der Waals surface area (Å²) in [7, 11) is -2.45. The lowest BCUT2D eigenvalue weighted by molar-refractivity contribution is -0.123. The van der Waals surface area contributed by atoms with Gasteiger partial charge in [-0.3, -0.25) is 9.89 Å². The Bertz CT molecular complexity index is 1240. The molecule has 2 N–H and O–H groups in total. The number of hydrogen-bond acceptors (Lipinski definition) is 4. The van der Waals surface area contributed by atoms with Crippen molar-refractivity contribution in [2.75, 3.05) is 20.1 Å². The van der Waals surface area contributed by atoms with Gasteiger partial charge in [-0.2, -0.15) is 18.3 Å². The highest BCUT2D eigenvalue weighted by Crippen LogP contribution is 2.20. The molecular formula is C22H22F4N4O3S. The number of sulfonamides is 1. The first kappa shape index (κ1) is 25.4.